The molecule has 1 saturated heterocycles. The maximum atomic E-state index is 13.5. The number of hydrogen-bond acceptors (Lipinski definition) is 9. The minimum atomic E-state index is -4.52. The van der Waals surface area contributed by atoms with Crippen molar-refractivity contribution in [3.8, 4) is 17.3 Å². The number of alkyl halides is 3. The summed E-state index contributed by atoms with van der Waals surface area (Å²) in [6.07, 6.45) is -1.35. The molecule has 2 bridgehead atoms. The van der Waals surface area contributed by atoms with Crippen LogP contribution in [0, 0.1) is 0 Å². The average molecular weight is 531 g/mol. The molecule has 3 N–H and O–H groups in total. The van der Waals surface area contributed by atoms with Crippen LogP contribution in [-0.4, -0.2) is 74.6 Å². The molecule has 3 aromatic rings. The fourth-order valence-corrected chi connectivity index (χ4v) is 4.45. The number of carbonyl (C=O) groups is 1. The van der Waals surface area contributed by atoms with Crippen LogP contribution in [0.1, 0.15) is 18.4 Å². The lowest BCUT2D eigenvalue weighted by Gasteiger charge is -2.45. The number of nitrogens with one attached hydrogen (secondary N) is 1. The molecule has 2 atom stereocenters. The Kier molecular flexibility index (Phi) is 6.99. The number of ether oxygens (including phenoxy) is 1. The largest absolute Gasteiger partial charge is 0.475 e. The number of halogens is 3. The van der Waals surface area contributed by atoms with Gasteiger partial charge in [-0.1, -0.05) is 12.1 Å². The first-order chi connectivity index (χ1) is 18.2. The van der Waals surface area contributed by atoms with E-state index in [0.29, 0.717) is 18.7 Å². The van der Waals surface area contributed by atoms with E-state index < -0.39 is 30.5 Å². The maximum absolute atomic E-state index is 13.5. The van der Waals surface area contributed by atoms with Gasteiger partial charge < -0.3 is 19.8 Å². The van der Waals surface area contributed by atoms with Gasteiger partial charge in [0.1, 0.15) is 24.9 Å². The smallest absolute Gasteiger partial charge is 0.416 e. The number of piperidine rings is 1. The summed E-state index contributed by atoms with van der Waals surface area (Å²) in [5.74, 6) is 0.566. The Labute approximate surface area is 214 Å². The van der Waals surface area contributed by atoms with Crippen molar-refractivity contribution < 1.29 is 32.9 Å². The molecular weight excluding hydrogens is 507 g/mol. The third-order valence-electron chi connectivity index (χ3n) is 6.26. The van der Waals surface area contributed by atoms with Crippen LogP contribution in [-0.2, 0) is 6.18 Å². The highest BCUT2D eigenvalue weighted by Gasteiger charge is 2.39. The van der Waals surface area contributed by atoms with Crippen LogP contribution in [0.25, 0.3) is 11.4 Å². The first-order valence-electron chi connectivity index (χ1n) is 11.9. The number of aliphatic hydroxyl groups is 2. The van der Waals surface area contributed by atoms with Crippen molar-refractivity contribution in [3.05, 3.63) is 48.4 Å². The van der Waals surface area contributed by atoms with Gasteiger partial charge >= 0.3 is 12.2 Å². The zero-order valence-electron chi connectivity index (χ0n) is 20.0. The van der Waals surface area contributed by atoms with Crippen LogP contribution in [0.3, 0.4) is 0 Å². The van der Waals surface area contributed by atoms with Crippen LogP contribution in [0.15, 0.2) is 42.9 Å². The van der Waals surface area contributed by atoms with Gasteiger partial charge in [0.15, 0.2) is 11.6 Å². The summed E-state index contributed by atoms with van der Waals surface area (Å²) in [6, 6.07) is 5.34. The molecule has 4 heterocycles. The third-order valence-corrected chi connectivity index (χ3v) is 6.26. The van der Waals surface area contributed by atoms with Crippen molar-refractivity contribution >= 4 is 23.4 Å². The fraction of sp³-hybridized carbons (Fsp3) is 0.375. The standard InChI is InChI=1S/C24H24F3N7O4/c25-24(26,27)15-4-1-3-14(7-15)21-28-9-18-22(32-21)34(16-5-2-6-33(18)10-16)23(37)31-19-8-20(30-13-29-19)38-12-17(36)11-35/h1,3-4,7-9,13,16-17,35-36H,2,5-6,10-12H2,(H,29,30,31,37)/t16-,17-/m0/s1. The number of rotatable bonds is 6. The lowest BCUT2D eigenvalue weighted by atomic mass is 10.0. The van der Waals surface area contributed by atoms with Gasteiger partial charge in [0.25, 0.3) is 0 Å². The molecule has 0 radical (unpaired) electrons. The number of anilines is 3. The van der Waals surface area contributed by atoms with Gasteiger partial charge in [-0.05, 0) is 25.0 Å². The lowest BCUT2D eigenvalue weighted by molar-refractivity contribution is -0.137. The van der Waals surface area contributed by atoms with E-state index in [-0.39, 0.29) is 41.6 Å². The van der Waals surface area contributed by atoms with Gasteiger partial charge in [-0.25, -0.2) is 24.7 Å². The van der Waals surface area contributed by atoms with Crippen molar-refractivity contribution in [2.45, 2.75) is 31.2 Å². The number of amides is 2. The van der Waals surface area contributed by atoms with Crippen molar-refractivity contribution in [1.29, 1.82) is 0 Å². The highest BCUT2D eigenvalue weighted by atomic mass is 19.4. The van der Waals surface area contributed by atoms with E-state index in [1.54, 1.807) is 0 Å². The van der Waals surface area contributed by atoms with Crippen LogP contribution in [0.4, 0.5) is 35.3 Å². The number of carbonyl (C=O) groups excluding carboxylic acids is 1. The predicted octanol–water partition coefficient (Wildman–Crippen LogP) is 2.71. The van der Waals surface area contributed by atoms with E-state index in [0.717, 1.165) is 25.1 Å². The second-order valence-electron chi connectivity index (χ2n) is 8.91. The molecule has 2 amide bonds. The summed E-state index contributed by atoms with van der Waals surface area (Å²) in [5, 5.41) is 21.1. The molecule has 2 aliphatic rings. The monoisotopic (exact) mass is 531 g/mol. The zero-order valence-corrected chi connectivity index (χ0v) is 20.0. The van der Waals surface area contributed by atoms with Crippen molar-refractivity contribution in [3.63, 3.8) is 0 Å². The summed E-state index contributed by atoms with van der Waals surface area (Å²) in [7, 11) is 0. The Morgan fingerprint density at radius 3 is 2.87 bits per heavy atom. The van der Waals surface area contributed by atoms with Crippen molar-refractivity contribution in [2.24, 2.45) is 0 Å². The van der Waals surface area contributed by atoms with Gasteiger partial charge in [0.05, 0.1) is 30.1 Å². The average Bonchev–Trinajstić information content (AvgIpc) is 2.91. The van der Waals surface area contributed by atoms with Gasteiger partial charge in [-0.3, -0.25) is 10.2 Å². The minimum Gasteiger partial charge on any atom is -0.475 e. The fourth-order valence-electron chi connectivity index (χ4n) is 4.45. The molecule has 0 spiro atoms. The van der Waals surface area contributed by atoms with E-state index in [9.17, 15) is 23.1 Å². The molecule has 0 aliphatic carbocycles. The quantitative estimate of drug-likeness (QED) is 0.439. The second kappa shape index (κ2) is 10.4. The number of nitrogens with zero attached hydrogens (tertiary/aromatic N) is 6. The molecular formula is C24H24F3N7O4. The van der Waals surface area contributed by atoms with Crippen molar-refractivity contribution in [2.75, 3.05) is 41.4 Å². The van der Waals surface area contributed by atoms with E-state index in [1.165, 1.54) is 35.6 Å². The second-order valence-corrected chi connectivity index (χ2v) is 8.91. The molecule has 1 aromatic carbocycles. The van der Waals surface area contributed by atoms with Crippen LogP contribution in [0.2, 0.25) is 0 Å². The molecule has 200 valence electrons. The normalized spacial score (nSPS) is 17.6. The van der Waals surface area contributed by atoms with Gasteiger partial charge in [-0.15, -0.1) is 0 Å². The molecule has 2 aromatic heterocycles. The summed E-state index contributed by atoms with van der Waals surface area (Å²) in [6.45, 7) is 0.626. The Bertz CT molecular complexity index is 1330. The van der Waals surface area contributed by atoms with Crippen molar-refractivity contribution in [1.82, 2.24) is 19.9 Å². The predicted molar refractivity (Wildman–Crippen MR) is 130 cm³/mol. The zero-order chi connectivity index (χ0) is 26.9. The topological polar surface area (TPSA) is 137 Å². The highest BCUT2D eigenvalue weighted by Crippen LogP contribution is 2.39. The highest BCUT2D eigenvalue weighted by molar-refractivity contribution is 6.04. The Morgan fingerprint density at radius 1 is 1.24 bits per heavy atom. The maximum Gasteiger partial charge on any atom is 0.416 e. The first-order valence-corrected chi connectivity index (χ1v) is 11.9. The SMILES string of the molecule is O=C(Nc1cc(OC[C@@H](O)CO)ncn1)N1c2nc(-c3cccc(C(F)(F)F)c3)ncc2N2CCC[C@H]1C2. The molecule has 1 fully saturated rings. The molecule has 38 heavy (non-hydrogen) atoms. The summed E-state index contributed by atoms with van der Waals surface area (Å²) in [5.41, 5.74) is -0.0345. The number of urea groups is 1. The molecule has 11 nitrogen and oxygen atoms in total. The van der Waals surface area contributed by atoms with Gasteiger partial charge in [0, 0.05) is 24.7 Å². The minimum absolute atomic E-state index is 0.0639. The van der Waals surface area contributed by atoms with E-state index in [2.05, 4.69) is 30.2 Å². The van der Waals surface area contributed by atoms with E-state index in [1.807, 2.05) is 0 Å². The Balaban J connectivity index is 1.44. The molecule has 2 aliphatic heterocycles. The van der Waals surface area contributed by atoms with Crippen LogP contribution >= 0.6 is 0 Å². The number of benzene rings is 1. The number of hydrogen-bond donors (Lipinski definition) is 3. The summed E-state index contributed by atoms with van der Waals surface area (Å²) in [4.78, 5) is 33.9. The lowest BCUT2D eigenvalue weighted by Crippen LogP contribution is -2.56. The molecule has 0 unspecified atom stereocenters. The third kappa shape index (κ3) is 5.31. The number of aliphatic hydroxyl groups excluding tert-OH is 2. The number of fused-ring (bicyclic) bond motifs is 4. The molecule has 14 heteroatoms. The van der Waals surface area contributed by atoms with E-state index in [4.69, 9.17) is 9.84 Å². The van der Waals surface area contributed by atoms with Gasteiger partial charge in [0.2, 0.25) is 5.88 Å². The van der Waals surface area contributed by atoms with Gasteiger partial charge in [-0.2, -0.15) is 13.2 Å². The molecule has 5 rings (SSSR count). The van der Waals surface area contributed by atoms with Crippen LogP contribution in [0.5, 0.6) is 5.88 Å². The van der Waals surface area contributed by atoms with Crippen LogP contribution < -0.4 is 19.9 Å². The Morgan fingerprint density at radius 2 is 2.08 bits per heavy atom. The summed E-state index contributed by atoms with van der Waals surface area (Å²) < 4.78 is 45.1. The van der Waals surface area contributed by atoms with E-state index >= 15 is 0 Å². The Hall–Kier alpha value is -4.04. The molecule has 0 saturated carbocycles. The summed E-state index contributed by atoms with van der Waals surface area (Å²) >= 11 is 0. The number of aromatic nitrogens is 4. The first kappa shape index (κ1) is 25.6.